The Morgan fingerprint density at radius 1 is 1.07 bits per heavy atom. The number of benzene rings is 2. The first-order valence-electron chi connectivity index (χ1n) is 8.98. The second-order valence-corrected chi connectivity index (χ2v) is 6.80. The number of primary amides is 1. The number of ether oxygens (including phenoxy) is 2. The molecule has 0 aromatic heterocycles. The maximum atomic E-state index is 12.2. The first-order chi connectivity index (χ1) is 13.1. The van der Waals surface area contributed by atoms with Crippen LogP contribution in [0.1, 0.15) is 29.6 Å². The molecule has 2 aliphatic heterocycles. The van der Waals surface area contributed by atoms with Crippen LogP contribution in [0.3, 0.4) is 0 Å². The number of carbonyl (C=O) groups is 2. The lowest BCUT2D eigenvalue weighted by Crippen LogP contribution is -2.43. The van der Waals surface area contributed by atoms with Gasteiger partial charge in [0, 0.05) is 5.69 Å². The number of hydrogen-bond acceptors (Lipinski definition) is 4. The molecule has 3 atom stereocenters. The van der Waals surface area contributed by atoms with Crippen LogP contribution in [-0.2, 0) is 4.74 Å². The third kappa shape index (κ3) is 3.88. The molecule has 7 nitrogen and oxygen atoms in total. The number of nitrogens with two attached hydrogens (primary N) is 1. The van der Waals surface area contributed by atoms with Crippen molar-refractivity contribution in [2.45, 2.75) is 37.5 Å². The predicted molar refractivity (Wildman–Crippen MR) is 99.9 cm³/mol. The van der Waals surface area contributed by atoms with Gasteiger partial charge in [-0.05, 0) is 55.7 Å². The zero-order chi connectivity index (χ0) is 18.8. The third-order valence-electron chi connectivity index (χ3n) is 4.92. The molecule has 0 unspecified atom stereocenters. The highest BCUT2D eigenvalue weighted by atomic mass is 16.5. The molecule has 3 amide bonds. The minimum atomic E-state index is -0.551. The van der Waals surface area contributed by atoms with Crippen LogP contribution in [0.15, 0.2) is 48.5 Å². The zero-order valence-electron chi connectivity index (χ0n) is 14.7. The van der Waals surface area contributed by atoms with E-state index in [0.29, 0.717) is 28.9 Å². The highest BCUT2D eigenvalue weighted by molar-refractivity contribution is 5.95. The van der Waals surface area contributed by atoms with E-state index in [1.165, 1.54) is 0 Å². The summed E-state index contributed by atoms with van der Waals surface area (Å²) >= 11 is 0. The van der Waals surface area contributed by atoms with Crippen LogP contribution < -0.4 is 21.1 Å². The van der Waals surface area contributed by atoms with Gasteiger partial charge in [-0.3, -0.25) is 4.79 Å². The highest BCUT2D eigenvalue weighted by Gasteiger charge is 2.41. The molecule has 140 valence electrons. The van der Waals surface area contributed by atoms with Crippen molar-refractivity contribution in [2.75, 3.05) is 5.32 Å². The average Bonchev–Trinajstić information content (AvgIpc) is 3.26. The molecule has 27 heavy (non-hydrogen) atoms. The van der Waals surface area contributed by atoms with Crippen molar-refractivity contribution in [3.8, 4) is 11.5 Å². The van der Waals surface area contributed by atoms with Crippen molar-refractivity contribution in [1.82, 2.24) is 5.32 Å². The van der Waals surface area contributed by atoms with E-state index in [-0.39, 0.29) is 18.2 Å². The zero-order valence-corrected chi connectivity index (χ0v) is 14.7. The quantitative estimate of drug-likeness (QED) is 0.756. The van der Waals surface area contributed by atoms with Gasteiger partial charge in [0.2, 0.25) is 0 Å². The summed E-state index contributed by atoms with van der Waals surface area (Å²) in [6.07, 6.45) is 3.41. The van der Waals surface area contributed by atoms with E-state index in [2.05, 4.69) is 10.6 Å². The van der Waals surface area contributed by atoms with Gasteiger partial charge in [-0.15, -0.1) is 0 Å². The molecule has 2 heterocycles. The Labute approximate surface area is 156 Å². The van der Waals surface area contributed by atoms with Gasteiger partial charge in [-0.25, -0.2) is 4.79 Å². The van der Waals surface area contributed by atoms with E-state index in [9.17, 15) is 9.59 Å². The topological polar surface area (TPSA) is 103 Å². The summed E-state index contributed by atoms with van der Waals surface area (Å²) in [5.41, 5.74) is 6.31. The fraction of sp³-hybridized carbons (Fsp3) is 0.300. The van der Waals surface area contributed by atoms with Crippen molar-refractivity contribution in [3.63, 3.8) is 0 Å². The molecule has 4 N–H and O–H groups in total. The minimum absolute atomic E-state index is 0.0802. The molecule has 2 aromatic carbocycles. The van der Waals surface area contributed by atoms with Crippen LogP contribution in [0.2, 0.25) is 0 Å². The summed E-state index contributed by atoms with van der Waals surface area (Å²) in [5.74, 6) is 0.376. The molecule has 2 aromatic rings. The van der Waals surface area contributed by atoms with E-state index in [1.807, 2.05) is 0 Å². The van der Waals surface area contributed by atoms with Crippen molar-refractivity contribution >= 4 is 17.6 Å². The van der Waals surface area contributed by atoms with Gasteiger partial charge >= 0.3 is 6.03 Å². The second kappa shape index (κ2) is 7.28. The molecule has 2 saturated heterocycles. The molecular formula is C20H21N3O4. The first-order valence-corrected chi connectivity index (χ1v) is 8.98. The van der Waals surface area contributed by atoms with Crippen molar-refractivity contribution in [1.29, 1.82) is 0 Å². The molecule has 0 radical (unpaired) electrons. The summed E-state index contributed by atoms with van der Waals surface area (Å²) in [7, 11) is 0. The molecule has 2 fully saturated rings. The van der Waals surface area contributed by atoms with E-state index >= 15 is 0 Å². The Balaban J connectivity index is 1.35. The lowest BCUT2D eigenvalue weighted by Gasteiger charge is -2.20. The number of para-hydroxylation sites is 1. The number of rotatable bonds is 5. The number of carbonyl (C=O) groups excluding carboxylic acids is 2. The van der Waals surface area contributed by atoms with Gasteiger partial charge in [0.25, 0.3) is 5.91 Å². The summed E-state index contributed by atoms with van der Waals surface area (Å²) in [5, 5.41) is 5.79. The lowest BCUT2D eigenvalue weighted by atomic mass is 9.96. The Morgan fingerprint density at radius 2 is 1.85 bits per heavy atom. The van der Waals surface area contributed by atoms with Gasteiger partial charge in [0.15, 0.2) is 0 Å². The van der Waals surface area contributed by atoms with E-state index < -0.39 is 5.91 Å². The summed E-state index contributed by atoms with van der Waals surface area (Å²) in [6.45, 7) is 0. The maximum absolute atomic E-state index is 12.2. The molecule has 0 saturated carbocycles. The normalized spacial score (nSPS) is 23.0. The fourth-order valence-corrected chi connectivity index (χ4v) is 3.62. The number of hydrogen-bond donors (Lipinski definition) is 3. The fourth-order valence-electron chi connectivity index (χ4n) is 3.62. The number of anilines is 1. The predicted octanol–water partition coefficient (Wildman–Crippen LogP) is 3.02. The van der Waals surface area contributed by atoms with Gasteiger partial charge in [-0.1, -0.05) is 12.1 Å². The maximum Gasteiger partial charge on any atom is 0.319 e. The largest absolute Gasteiger partial charge is 0.457 e. The molecule has 7 heteroatoms. The standard InChI is InChI=1S/C20H21N3O4/c21-19(24)15-3-1-2-4-17(15)26-13-7-5-12(6-8-13)22-20(25)23-16-11-14-9-10-18(16)27-14/h1-8,14,16,18H,9-11H2,(H2,21,24)(H2,22,23,25)/t14-,16-,18+/m1/s1. The molecule has 2 bridgehead atoms. The smallest absolute Gasteiger partial charge is 0.319 e. The van der Waals surface area contributed by atoms with Gasteiger partial charge < -0.3 is 25.8 Å². The Kier molecular flexibility index (Phi) is 4.68. The average molecular weight is 367 g/mol. The number of nitrogens with one attached hydrogen (secondary N) is 2. The van der Waals surface area contributed by atoms with Crippen molar-refractivity contribution < 1.29 is 19.1 Å². The molecule has 2 aliphatic rings. The summed E-state index contributed by atoms with van der Waals surface area (Å²) < 4.78 is 11.5. The van der Waals surface area contributed by atoms with Gasteiger partial charge in [-0.2, -0.15) is 0 Å². The van der Waals surface area contributed by atoms with Crippen LogP contribution in [0.4, 0.5) is 10.5 Å². The monoisotopic (exact) mass is 367 g/mol. The van der Waals surface area contributed by atoms with Gasteiger partial charge in [0.1, 0.15) is 11.5 Å². The van der Waals surface area contributed by atoms with Crippen LogP contribution in [0, 0.1) is 0 Å². The van der Waals surface area contributed by atoms with Crippen LogP contribution in [0.25, 0.3) is 0 Å². The third-order valence-corrected chi connectivity index (χ3v) is 4.92. The van der Waals surface area contributed by atoms with Gasteiger partial charge in [0.05, 0.1) is 23.8 Å². The number of fused-ring (bicyclic) bond motifs is 2. The van der Waals surface area contributed by atoms with E-state index in [4.69, 9.17) is 15.2 Å². The second-order valence-electron chi connectivity index (χ2n) is 6.80. The SMILES string of the molecule is NC(=O)c1ccccc1Oc1ccc(NC(=O)N[C@@H]2C[C@H]3CC[C@@H]2O3)cc1. The van der Waals surface area contributed by atoms with Crippen LogP contribution in [0.5, 0.6) is 11.5 Å². The van der Waals surface area contributed by atoms with Crippen LogP contribution in [-0.4, -0.2) is 30.2 Å². The van der Waals surface area contributed by atoms with Crippen LogP contribution >= 0.6 is 0 Å². The first kappa shape index (κ1) is 17.4. The molecule has 0 spiro atoms. The Bertz CT molecular complexity index is 853. The van der Waals surface area contributed by atoms with Crippen molar-refractivity contribution in [3.05, 3.63) is 54.1 Å². The highest BCUT2D eigenvalue weighted by Crippen LogP contribution is 2.34. The Morgan fingerprint density at radius 3 is 2.52 bits per heavy atom. The summed E-state index contributed by atoms with van der Waals surface area (Å²) in [4.78, 5) is 23.6. The molecular weight excluding hydrogens is 346 g/mol. The molecule has 0 aliphatic carbocycles. The Hall–Kier alpha value is -3.06. The lowest BCUT2D eigenvalue weighted by molar-refractivity contribution is 0.0983. The number of urea groups is 1. The molecule has 4 rings (SSSR count). The van der Waals surface area contributed by atoms with Crippen molar-refractivity contribution in [2.24, 2.45) is 5.73 Å². The van der Waals surface area contributed by atoms with E-state index in [0.717, 1.165) is 19.3 Å². The van der Waals surface area contributed by atoms with E-state index in [1.54, 1.807) is 48.5 Å². The summed E-state index contributed by atoms with van der Waals surface area (Å²) in [6, 6.07) is 13.5. The minimum Gasteiger partial charge on any atom is -0.457 e. The number of amides is 3.